The smallest absolute Gasteiger partial charge is 0.128 e. The Morgan fingerprint density at radius 1 is 1.17 bits per heavy atom. The van der Waals surface area contributed by atoms with Crippen LogP contribution in [0.4, 0.5) is 0 Å². The molecule has 0 saturated carbocycles. The van der Waals surface area contributed by atoms with Gasteiger partial charge in [-0.15, -0.1) is 5.10 Å². The summed E-state index contributed by atoms with van der Waals surface area (Å²) in [5.74, 6) is 0. The third-order valence-electron chi connectivity index (χ3n) is 2.78. The second-order valence-electron chi connectivity index (χ2n) is 3.95. The van der Waals surface area contributed by atoms with Gasteiger partial charge in [0, 0.05) is 21.5 Å². The van der Waals surface area contributed by atoms with Crippen LogP contribution in [0.5, 0.6) is 0 Å². The summed E-state index contributed by atoms with van der Waals surface area (Å²) in [5, 5.41) is 9.31. The van der Waals surface area contributed by atoms with Crippen LogP contribution in [0.3, 0.4) is 0 Å². The maximum Gasteiger partial charge on any atom is 0.128 e. The second-order valence-corrected chi connectivity index (χ2v) is 5.93. The van der Waals surface area contributed by atoms with E-state index >= 15 is 0 Å². The first-order chi connectivity index (χ1) is 8.61. The monoisotopic (exact) mass is 323 g/mol. The number of aromatic nitrogens is 2. The number of aryl methyl sites for hydroxylation is 1. The van der Waals surface area contributed by atoms with Crippen LogP contribution in [0.2, 0.25) is 0 Å². The van der Waals surface area contributed by atoms with E-state index < -0.39 is 0 Å². The molecule has 2 N–H and O–H groups in total. The van der Waals surface area contributed by atoms with Crippen molar-refractivity contribution >= 4 is 27.7 Å². The average molecular weight is 324 g/mol. The van der Waals surface area contributed by atoms with Gasteiger partial charge in [0.05, 0.1) is 5.69 Å². The number of hydrogen-bond donors (Lipinski definition) is 1. The third kappa shape index (κ3) is 2.91. The Kier molecular flexibility index (Phi) is 4.37. The predicted octanol–water partition coefficient (Wildman–Crippen LogP) is 3.47. The van der Waals surface area contributed by atoms with Gasteiger partial charge < -0.3 is 5.73 Å². The summed E-state index contributed by atoms with van der Waals surface area (Å²) in [6.07, 6.45) is 0. The van der Waals surface area contributed by atoms with Crippen LogP contribution >= 0.6 is 27.7 Å². The molecule has 2 rings (SSSR count). The molecule has 0 fully saturated rings. The molecule has 1 aromatic heterocycles. The highest BCUT2D eigenvalue weighted by molar-refractivity contribution is 9.10. The van der Waals surface area contributed by atoms with Crippen molar-refractivity contribution in [3.8, 4) is 0 Å². The molecular formula is C13H14BrN3S. The van der Waals surface area contributed by atoms with Gasteiger partial charge in [0.2, 0.25) is 0 Å². The molecule has 1 aromatic carbocycles. The van der Waals surface area contributed by atoms with Crippen molar-refractivity contribution in [3.05, 3.63) is 45.6 Å². The lowest BCUT2D eigenvalue weighted by atomic mass is 10.1. The van der Waals surface area contributed by atoms with E-state index in [-0.39, 0.29) is 0 Å². The van der Waals surface area contributed by atoms with E-state index in [2.05, 4.69) is 26.1 Å². The number of rotatable bonds is 3. The maximum absolute atomic E-state index is 5.81. The van der Waals surface area contributed by atoms with E-state index in [0.717, 1.165) is 31.2 Å². The van der Waals surface area contributed by atoms with Crippen LogP contribution in [0.1, 0.15) is 16.8 Å². The molecule has 5 heteroatoms. The van der Waals surface area contributed by atoms with E-state index in [1.165, 1.54) is 0 Å². The standard InChI is InChI=1S/C13H14BrN3S/c1-8-9(2)16-17-13(12(8)7-15)18-11-5-3-10(14)4-6-11/h3-6H,7,15H2,1-2H3. The van der Waals surface area contributed by atoms with Crippen molar-refractivity contribution in [2.24, 2.45) is 5.73 Å². The van der Waals surface area contributed by atoms with E-state index in [0.29, 0.717) is 6.54 Å². The van der Waals surface area contributed by atoms with E-state index in [1.54, 1.807) is 11.8 Å². The SMILES string of the molecule is Cc1nnc(Sc2ccc(Br)cc2)c(CN)c1C. The van der Waals surface area contributed by atoms with Gasteiger partial charge in [-0.25, -0.2) is 0 Å². The number of benzene rings is 1. The molecule has 1 heterocycles. The number of halogens is 1. The van der Waals surface area contributed by atoms with E-state index in [9.17, 15) is 0 Å². The van der Waals surface area contributed by atoms with Crippen LogP contribution < -0.4 is 5.73 Å². The molecule has 0 spiro atoms. The van der Waals surface area contributed by atoms with Gasteiger partial charge in [0.15, 0.2) is 0 Å². The van der Waals surface area contributed by atoms with Gasteiger partial charge in [-0.1, -0.05) is 27.7 Å². The fourth-order valence-corrected chi connectivity index (χ4v) is 2.77. The zero-order valence-corrected chi connectivity index (χ0v) is 12.7. The fraction of sp³-hybridized carbons (Fsp3) is 0.231. The predicted molar refractivity (Wildman–Crippen MR) is 77.7 cm³/mol. The van der Waals surface area contributed by atoms with Crippen molar-refractivity contribution in [3.63, 3.8) is 0 Å². The molecule has 0 saturated heterocycles. The molecule has 0 amide bonds. The lowest BCUT2D eigenvalue weighted by molar-refractivity contribution is 0.825. The van der Waals surface area contributed by atoms with Crippen LogP contribution in [-0.2, 0) is 6.54 Å². The van der Waals surface area contributed by atoms with Crippen molar-refractivity contribution < 1.29 is 0 Å². The van der Waals surface area contributed by atoms with Crippen molar-refractivity contribution in [2.45, 2.75) is 30.3 Å². The lowest BCUT2D eigenvalue weighted by Crippen LogP contribution is -2.06. The summed E-state index contributed by atoms with van der Waals surface area (Å²) in [4.78, 5) is 1.13. The van der Waals surface area contributed by atoms with Crippen LogP contribution in [0.25, 0.3) is 0 Å². The summed E-state index contributed by atoms with van der Waals surface area (Å²) < 4.78 is 1.07. The van der Waals surface area contributed by atoms with E-state index in [4.69, 9.17) is 5.73 Å². The Balaban J connectivity index is 2.34. The maximum atomic E-state index is 5.81. The Morgan fingerprint density at radius 3 is 2.44 bits per heavy atom. The van der Waals surface area contributed by atoms with Crippen LogP contribution in [-0.4, -0.2) is 10.2 Å². The quantitative estimate of drug-likeness (QED) is 0.939. The van der Waals surface area contributed by atoms with E-state index in [1.807, 2.05) is 38.1 Å². The summed E-state index contributed by atoms with van der Waals surface area (Å²) >= 11 is 5.02. The normalized spacial score (nSPS) is 10.7. The van der Waals surface area contributed by atoms with Gasteiger partial charge in [-0.2, -0.15) is 5.10 Å². The molecule has 0 bridgehead atoms. The zero-order chi connectivity index (χ0) is 13.1. The molecule has 2 aromatic rings. The summed E-state index contributed by atoms with van der Waals surface area (Å²) in [5.41, 5.74) is 8.96. The van der Waals surface area contributed by atoms with Crippen molar-refractivity contribution in [2.75, 3.05) is 0 Å². The summed E-state index contributed by atoms with van der Waals surface area (Å²) in [6.45, 7) is 4.48. The molecule has 3 nitrogen and oxygen atoms in total. The third-order valence-corrected chi connectivity index (χ3v) is 4.33. The highest BCUT2D eigenvalue weighted by Crippen LogP contribution is 2.30. The van der Waals surface area contributed by atoms with Gasteiger partial charge in [0.25, 0.3) is 0 Å². The molecule has 0 radical (unpaired) electrons. The number of hydrogen-bond acceptors (Lipinski definition) is 4. The highest BCUT2D eigenvalue weighted by atomic mass is 79.9. The van der Waals surface area contributed by atoms with Gasteiger partial charge in [0.1, 0.15) is 5.03 Å². The Bertz CT molecular complexity index is 555. The second kappa shape index (κ2) is 5.82. The topological polar surface area (TPSA) is 51.8 Å². The zero-order valence-electron chi connectivity index (χ0n) is 10.3. The number of nitrogens with two attached hydrogens (primary N) is 1. The first-order valence-electron chi connectivity index (χ1n) is 5.58. The minimum Gasteiger partial charge on any atom is -0.326 e. The number of nitrogens with zero attached hydrogens (tertiary/aromatic N) is 2. The van der Waals surface area contributed by atoms with Crippen LogP contribution in [0, 0.1) is 13.8 Å². The van der Waals surface area contributed by atoms with Gasteiger partial charge in [-0.05, 0) is 43.7 Å². The average Bonchev–Trinajstić information content (AvgIpc) is 2.37. The first-order valence-corrected chi connectivity index (χ1v) is 7.19. The largest absolute Gasteiger partial charge is 0.326 e. The highest BCUT2D eigenvalue weighted by Gasteiger charge is 2.11. The molecule has 0 aliphatic carbocycles. The van der Waals surface area contributed by atoms with Gasteiger partial charge >= 0.3 is 0 Å². The Labute approximate surface area is 119 Å². The van der Waals surface area contributed by atoms with Gasteiger partial charge in [-0.3, -0.25) is 0 Å². The Hall–Kier alpha value is -0.910. The van der Waals surface area contributed by atoms with Crippen molar-refractivity contribution in [1.82, 2.24) is 10.2 Å². The first kappa shape index (κ1) is 13.5. The van der Waals surface area contributed by atoms with Crippen molar-refractivity contribution in [1.29, 1.82) is 0 Å². The molecule has 94 valence electrons. The fourth-order valence-electron chi connectivity index (χ4n) is 1.57. The minimum absolute atomic E-state index is 0.487. The molecule has 0 unspecified atom stereocenters. The lowest BCUT2D eigenvalue weighted by Gasteiger charge is -2.10. The minimum atomic E-state index is 0.487. The summed E-state index contributed by atoms with van der Waals surface area (Å²) in [7, 11) is 0. The van der Waals surface area contributed by atoms with Crippen LogP contribution in [0.15, 0.2) is 38.7 Å². The molecule has 18 heavy (non-hydrogen) atoms. The molecule has 0 atom stereocenters. The summed E-state index contributed by atoms with van der Waals surface area (Å²) in [6, 6.07) is 8.12. The molecular weight excluding hydrogens is 310 g/mol. The molecule has 0 aliphatic rings. The Morgan fingerprint density at radius 2 is 1.83 bits per heavy atom. The molecule has 0 aliphatic heterocycles.